The fourth-order valence-electron chi connectivity index (χ4n) is 6.28. The number of nitrogens with one attached hydrogen (secondary N) is 2. The number of aliphatic hydroxyl groups is 3. The predicted octanol–water partition coefficient (Wildman–Crippen LogP) is 3.99. The van der Waals surface area contributed by atoms with Gasteiger partial charge in [-0.1, -0.05) is 48.5 Å². The number of amides is 3. The monoisotopic (exact) mass is 667 g/mol. The Balaban J connectivity index is 1.22. The molecule has 0 saturated carbocycles. The molecule has 5 atom stereocenters. The number of ether oxygens (including phenoxy) is 3. The molecule has 5 N–H and O–H groups in total. The van der Waals surface area contributed by atoms with Crippen LogP contribution in [-0.2, 0) is 20.6 Å². The maximum Gasteiger partial charge on any atom is 0.418 e. The second-order valence-corrected chi connectivity index (χ2v) is 11.7. The molecule has 6 rings (SSSR count). The van der Waals surface area contributed by atoms with Gasteiger partial charge in [0.2, 0.25) is 0 Å². The highest BCUT2D eigenvalue weighted by atomic mass is 16.7. The van der Waals surface area contributed by atoms with Crippen LogP contribution in [0.3, 0.4) is 0 Å². The molecule has 0 bridgehead atoms. The number of carbonyl (C=O) groups excluding carboxylic acids is 3. The highest BCUT2D eigenvalue weighted by Crippen LogP contribution is 2.43. The van der Waals surface area contributed by atoms with E-state index in [1.165, 1.54) is 24.1 Å². The summed E-state index contributed by atoms with van der Waals surface area (Å²) in [5, 5.41) is 35.7. The minimum absolute atomic E-state index is 0.153. The molecular weight excluding hydrogens is 630 g/mol. The van der Waals surface area contributed by atoms with E-state index in [4.69, 9.17) is 14.2 Å². The molecule has 254 valence electrons. The lowest BCUT2D eigenvalue weighted by molar-refractivity contribution is -0.261. The van der Waals surface area contributed by atoms with Crippen molar-refractivity contribution in [3.8, 4) is 11.1 Å². The Hall–Kier alpha value is -5.11. The SMILES string of the molecule is CCOC(=O)N(c1cccc(C(=O)Nc2cccc(C(=O)N[C@@H]3[C@@H](OC)O[C@H](CO)[C@@H](O)[C@@H]3O)c2)c1)c1cccc2c1Cc1ccccc1-2. The summed E-state index contributed by atoms with van der Waals surface area (Å²) in [7, 11) is 1.31. The second kappa shape index (κ2) is 14.6. The number of hydrogen-bond acceptors (Lipinski definition) is 9. The Morgan fingerprint density at radius 3 is 2.35 bits per heavy atom. The van der Waals surface area contributed by atoms with Crippen molar-refractivity contribution < 1.29 is 43.9 Å². The summed E-state index contributed by atoms with van der Waals surface area (Å²) >= 11 is 0. The molecule has 1 saturated heterocycles. The van der Waals surface area contributed by atoms with Gasteiger partial charge in [0.1, 0.15) is 24.4 Å². The molecule has 1 fully saturated rings. The summed E-state index contributed by atoms with van der Waals surface area (Å²) in [6, 6.07) is 25.5. The Morgan fingerprint density at radius 2 is 1.59 bits per heavy atom. The van der Waals surface area contributed by atoms with Crippen molar-refractivity contribution in [1.29, 1.82) is 0 Å². The van der Waals surface area contributed by atoms with E-state index in [-0.39, 0.29) is 17.7 Å². The molecule has 4 aromatic carbocycles. The fraction of sp³-hybridized carbons (Fsp3) is 0.270. The first-order valence-corrected chi connectivity index (χ1v) is 15.9. The van der Waals surface area contributed by atoms with E-state index in [1.807, 2.05) is 30.3 Å². The Labute approximate surface area is 282 Å². The van der Waals surface area contributed by atoms with Crippen molar-refractivity contribution in [2.24, 2.45) is 0 Å². The van der Waals surface area contributed by atoms with Gasteiger partial charge >= 0.3 is 6.09 Å². The maximum atomic E-state index is 13.5. The highest BCUT2D eigenvalue weighted by Gasteiger charge is 2.45. The smallest absolute Gasteiger partial charge is 0.418 e. The number of rotatable bonds is 9. The van der Waals surface area contributed by atoms with E-state index in [0.717, 1.165) is 22.3 Å². The molecule has 1 aliphatic carbocycles. The zero-order valence-electron chi connectivity index (χ0n) is 26.9. The first-order valence-electron chi connectivity index (χ1n) is 15.9. The van der Waals surface area contributed by atoms with Crippen LogP contribution in [0.5, 0.6) is 0 Å². The first kappa shape index (κ1) is 33.8. The number of hydrogen-bond donors (Lipinski definition) is 5. The number of anilines is 3. The predicted molar refractivity (Wildman–Crippen MR) is 181 cm³/mol. The standard InChI is InChI=1S/C37H37N3O9/c1-3-48-37(46)40(29-16-8-15-27-26-14-5-4-9-21(26)19-28(27)29)25-13-7-11-23(18-25)34(44)38-24-12-6-10-22(17-24)35(45)39-31-33(43)32(42)30(20-41)49-36(31)47-2/h4-18,30-33,36,41-43H,3,19-20H2,1-2H3,(H,38,44)(H,39,45)/t30-,31+,32-,33-,36+/m1/s1. The highest BCUT2D eigenvalue weighted by molar-refractivity contribution is 6.07. The summed E-state index contributed by atoms with van der Waals surface area (Å²) in [5.74, 6) is -1.10. The van der Waals surface area contributed by atoms with Crippen molar-refractivity contribution in [2.75, 3.05) is 30.5 Å². The van der Waals surface area contributed by atoms with Crippen LogP contribution in [0.25, 0.3) is 11.1 Å². The van der Waals surface area contributed by atoms with E-state index in [0.29, 0.717) is 23.5 Å². The number of carbonyl (C=O) groups is 3. The third-order valence-electron chi connectivity index (χ3n) is 8.68. The lowest BCUT2D eigenvalue weighted by Crippen LogP contribution is -2.64. The minimum Gasteiger partial charge on any atom is -0.449 e. The number of fused-ring (bicyclic) bond motifs is 3. The number of aliphatic hydroxyl groups excluding tert-OH is 3. The molecule has 2 aliphatic rings. The lowest BCUT2D eigenvalue weighted by atomic mass is 9.96. The third kappa shape index (κ3) is 6.77. The molecule has 0 aromatic heterocycles. The van der Waals surface area contributed by atoms with Crippen LogP contribution in [0.4, 0.5) is 21.9 Å². The quantitative estimate of drug-likeness (QED) is 0.156. The largest absolute Gasteiger partial charge is 0.449 e. The van der Waals surface area contributed by atoms with Crippen molar-refractivity contribution in [3.63, 3.8) is 0 Å². The van der Waals surface area contributed by atoms with Gasteiger partial charge in [0.15, 0.2) is 6.29 Å². The summed E-state index contributed by atoms with van der Waals surface area (Å²) < 4.78 is 16.2. The Bertz CT molecular complexity index is 1860. The van der Waals surface area contributed by atoms with Crippen LogP contribution in [0.15, 0.2) is 91.0 Å². The average molecular weight is 668 g/mol. The summed E-state index contributed by atoms with van der Waals surface area (Å²) in [4.78, 5) is 41.6. The normalized spacial score (nSPS) is 20.9. The Morgan fingerprint density at radius 1 is 0.878 bits per heavy atom. The van der Waals surface area contributed by atoms with Gasteiger partial charge in [0.05, 0.1) is 24.6 Å². The summed E-state index contributed by atoms with van der Waals surface area (Å²) in [6.07, 6.45) is -5.08. The van der Waals surface area contributed by atoms with Gasteiger partial charge in [-0.05, 0) is 71.6 Å². The molecule has 1 aliphatic heterocycles. The van der Waals surface area contributed by atoms with Gasteiger partial charge in [-0.25, -0.2) is 9.69 Å². The van der Waals surface area contributed by atoms with Gasteiger partial charge in [-0.15, -0.1) is 0 Å². The van der Waals surface area contributed by atoms with E-state index < -0.39 is 55.2 Å². The topological polar surface area (TPSA) is 167 Å². The third-order valence-corrected chi connectivity index (χ3v) is 8.68. The lowest BCUT2D eigenvalue weighted by Gasteiger charge is -2.41. The molecule has 0 radical (unpaired) electrons. The van der Waals surface area contributed by atoms with Crippen LogP contribution >= 0.6 is 0 Å². The number of benzene rings is 4. The van der Waals surface area contributed by atoms with Crippen LogP contribution in [0.1, 0.15) is 38.8 Å². The summed E-state index contributed by atoms with van der Waals surface area (Å²) in [5.41, 5.74) is 6.11. The first-order chi connectivity index (χ1) is 23.7. The van der Waals surface area contributed by atoms with Crippen molar-refractivity contribution >= 4 is 35.0 Å². The van der Waals surface area contributed by atoms with E-state index in [1.54, 1.807) is 43.3 Å². The Kier molecular flexibility index (Phi) is 10.0. The van der Waals surface area contributed by atoms with Crippen LogP contribution in [0.2, 0.25) is 0 Å². The van der Waals surface area contributed by atoms with Crippen LogP contribution in [0, 0.1) is 0 Å². The number of nitrogens with zero attached hydrogens (tertiary/aromatic N) is 1. The molecule has 12 heteroatoms. The summed E-state index contributed by atoms with van der Waals surface area (Å²) in [6.45, 7) is 1.35. The molecule has 4 aromatic rings. The zero-order chi connectivity index (χ0) is 34.7. The van der Waals surface area contributed by atoms with Gasteiger partial charge < -0.3 is 40.2 Å². The van der Waals surface area contributed by atoms with Gasteiger partial charge in [0, 0.05) is 30.3 Å². The molecule has 1 heterocycles. The molecule has 0 spiro atoms. The minimum atomic E-state index is -1.48. The fourth-order valence-corrected chi connectivity index (χ4v) is 6.28. The van der Waals surface area contributed by atoms with Crippen LogP contribution in [-0.4, -0.2) is 84.2 Å². The zero-order valence-corrected chi connectivity index (χ0v) is 26.9. The van der Waals surface area contributed by atoms with E-state index in [9.17, 15) is 29.7 Å². The average Bonchev–Trinajstić information content (AvgIpc) is 3.50. The van der Waals surface area contributed by atoms with Crippen molar-refractivity contribution in [3.05, 3.63) is 113 Å². The van der Waals surface area contributed by atoms with E-state index >= 15 is 0 Å². The van der Waals surface area contributed by atoms with Gasteiger partial charge in [-0.2, -0.15) is 0 Å². The molecular formula is C37H37N3O9. The molecule has 12 nitrogen and oxygen atoms in total. The molecule has 3 amide bonds. The molecule has 49 heavy (non-hydrogen) atoms. The van der Waals surface area contributed by atoms with Gasteiger partial charge in [-0.3, -0.25) is 9.59 Å². The van der Waals surface area contributed by atoms with E-state index in [2.05, 4.69) is 22.8 Å². The van der Waals surface area contributed by atoms with Crippen molar-refractivity contribution in [1.82, 2.24) is 5.32 Å². The maximum absolute atomic E-state index is 13.5. The van der Waals surface area contributed by atoms with Crippen molar-refractivity contribution in [2.45, 2.75) is 44.0 Å². The second-order valence-electron chi connectivity index (χ2n) is 11.7. The molecule has 0 unspecified atom stereocenters. The number of methoxy groups -OCH3 is 1. The van der Waals surface area contributed by atoms with Crippen LogP contribution < -0.4 is 15.5 Å². The van der Waals surface area contributed by atoms with Gasteiger partial charge in [0.25, 0.3) is 11.8 Å².